The van der Waals surface area contributed by atoms with Gasteiger partial charge in [0.05, 0.1) is 29.1 Å². The van der Waals surface area contributed by atoms with Gasteiger partial charge in [0.2, 0.25) is 0 Å². The number of aromatic nitrogens is 3. The summed E-state index contributed by atoms with van der Waals surface area (Å²) in [7, 11) is 0. The molecule has 8 nitrogen and oxygen atoms in total. The van der Waals surface area contributed by atoms with Crippen molar-refractivity contribution < 1.29 is 24.9 Å². The maximum atomic E-state index is 11.2. The van der Waals surface area contributed by atoms with Crippen LogP contribution in [0, 0.1) is 0 Å². The first kappa shape index (κ1) is 15.6. The maximum Gasteiger partial charge on any atom is 0.335 e. The second kappa shape index (κ2) is 6.35. The zero-order chi connectivity index (χ0) is 16.3. The van der Waals surface area contributed by atoms with Crippen LogP contribution in [0.3, 0.4) is 0 Å². The summed E-state index contributed by atoms with van der Waals surface area (Å²) in [6.45, 7) is 1.65. The fourth-order valence-electron chi connectivity index (χ4n) is 2.13. The first-order chi connectivity index (χ1) is 10.5. The third-order valence-corrected chi connectivity index (χ3v) is 3.14. The number of benzene rings is 1. The molecule has 0 atom stereocenters. The lowest BCUT2D eigenvalue weighted by molar-refractivity contribution is 0.0696. The summed E-state index contributed by atoms with van der Waals surface area (Å²) in [4.78, 5) is 22.3. The molecule has 1 heterocycles. The number of carbonyl (C=O) groups is 2. The zero-order valence-electron chi connectivity index (χ0n) is 11.9. The summed E-state index contributed by atoms with van der Waals surface area (Å²) in [5, 5.41) is 35.2. The van der Waals surface area contributed by atoms with Crippen molar-refractivity contribution in [2.75, 3.05) is 0 Å². The summed E-state index contributed by atoms with van der Waals surface area (Å²) in [5.41, 5.74) is 0.994. The molecule has 0 aliphatic rings. The highest BCUT2D eigenvalue weighted by Gasteiger charge is 2.17. The summed E-state index contributed by atoms with van der Waals surface area (Å²) >= 11 is 0. The lowest BCUT2D eigenvalue weighted by Gasteiger charge is -2.09. The average Bonchev–Trinajstić information content (AvgIpc) is 2.90. The van der Waals surface area contributed by atoms with E-state index in [1.54, 1.807) is 0 Å². The summed E-state index contributed by atoms with van der Waals surface area (Å²) in [5.74, 6) is -2.47. The molecule has 0 spiro atoms. The number of aliphatic hydroxyl groups is 1. The molecule has 8 heteroatoms. The molecule has 2 rings (SSSR count). The Kier molecular flexibility index (Phi) is 4.52. The molecular formula is C14H15N3O5. The second-order valence-electron chi connectivity index (χ2n) is 4.68. The van der Waals surface area contributed by atoms with E-state index in [0.29, 0.717) is 17.8 Å². The summed E-state index contributed by atoms with van der Waals surface area (Å²) < 4.78 is 1.37. The Bertz CT molecular complexity index is 691. The van der Waals surface area contributed by atoms with Crippen molar-refractivity contribution in [3.05, 3.63) is 40.7 Å². The van der Waals surface area contributed by atoms with Crippen LogP contribution in [-0.2, 0) is 13.0 Å². The Hall–Kier alpha value is -2.74. The van der Waals surface area contributed by atoms with Gasteiger partial charge in [-0.15, -0.1) is 5.10 Å². The minimum atomic E-state index is -1.23. The molecule has 0 fully saturated rings. The fourth-order valence-corrected chi connectivity index (χ4v) is 2.13. The molecule has 1 aromatic carbocycles. The molecule has 0 unspecified atom stereocenters. The maximum absolute atomic E-state index is 11.2. The van der Waals surface area contributed by atoms with Gasteiger partial charge < -0.3 is 15.3 Å². The number of aliphatic hydroxyl groups excluding tert-OH is 1. The molecule has 3 N–H and O–H groups in total. The predicted molar refractivity (Wildman–Crippen MR) is 75.2 cm³/mol. The third-order valence-electron chi connectivity index (χ3n) is 3.14. The van der Waals surface area contributed by atoms with Gasteiger partial charge >= 0.3 is 11.9 Å². The van der Waals surface area contributed by atoms with Crippen LogP contribution in [0.2, 0.25) is 0 Å². The Morgan fingerprint density at radius 3 is 2.18 bits per heavy atom. The minimum absolute atomic E-state index is 0.154. The quantitative estimate of drug-likeness (QED) is 0.729. The van der Waals surface area contributed by atoms with E-state index in [1.807, 2.05) is 6.92 Å². The zero-order valence-corrected chi connectivity index (χ0v) is 11.9. The van der Waals surface area contributed by atoms with Crippen molar-refractivity contribution in [3.63, 3.8) is 0 Å². The predicted octanol–water partition coefficient (Wildman–Crippen LogP) is 1.11. The Balaban J connectivity index is 2.63. The van der Waals surface area contributed by atoms with Crippen molar-refractivity contribution in [1.82, 2.24) is 15.0 Å². The highest BCUT2D eigenvalue weighted by atomic mass is 16.4. The number of hydrogen-bond donors (Lipinski definition) is 3. The van der Waals surface area contributed by atoms with Gasteiger partial charge in [0.25, 0.3) is 0 Å². The average molecular weight is 305 g/mol. The molecule has 22 heavy (non-hydrogen) atoms. The van der Waals surface area contributed by atoms with E-state index in [2.05, 4.69) is 10.3 Å². The van der Waals surface area contributed by atoms with Crippen LogP contribution >= 0.6 is 0 Å². The van der Waals surface area contributed by atoms with E-state index < -0.39 is 11.9 Å². The first-order valence-corrected chi connectivity index (χ1v) is 6.64. The van der Waals surface area contributed by atoms with Crippen molar-refractivity contribution in [3.8, 4) is 5.69 Å². The minimum Gasteiger partial charge on any atom is -0.478 e. The fraction of sp³-hybridized carbons (Fsp3) is 0.286. The topological polar surface area (TPSA) is 126 Å². The molecule has 116 valence electrons. The monoisotopic (exact) mass is 305 g/mol. The molecule has 0 bridgehead atoms. The van der Waals surface area contributed by atoms with E-state index in [0.717, 1.165) is 12.5 Å². The van der Waals surface area contributed by atoms with E-state index in [4.69, 9.17) is 10.2 Å². The van der Waals surface area contributed by atoms with E-state index >= 15 is 0 Å². The third kappa shape index (κ3) is 2.96. The molecule has 0 saturated heterocycles. The van der Waals surface area contributed by atoms with Crippen LogP contribution in [0.4, 0.5) is 0 Å². The van der Waals surface area contributed by atoms with Crippen molar-refractivity contribution in [2.24, 2.45) is 0 Å². The molecule has 1 aromatic heterocycles. The van der Waals surface area contributed by atoms with E-state index in [9.17, 15) is 14.7 Å². The Labute approximate surface area is 125 Å². The summed E-state index contributed by atoms with van der Waals surface area (Å²) in [6, 6.07) is 3.73. The number of hydrogen-bond acceptors (Lipinski definition) is 5. The molecule has 0 saturated carbocycles. The SMILES string of the molecule is CCCc1c(CO)nnn1-c1cc(C(=O)O)cc(C(=O)O)c1. The first-order valence-electron chi connectivity index (χ1n) is 6.64. The van der Waals surface area contributed by atoms with Gasteiger partial charge in [-0.25, -0.2) is 14.3 Å². The van der Waals surface area contributed by atoms with Gasteiger partial charge in [0.1, 0.15) is 5.69 Å². The van der Waals surface area contributed by atoms with Crippen LogP contribution in [-0.4, -0.2) is 42.3 Å². The van der Waals surface area contributed by atoms with Crippen LogP contribution in [0.5, 0.6) is 0 Å². The lowest BCUT2D eigenvalue weighted by atomic mass is 10.1. The largest absolute Gasteiger partial charge is 0.478 e. The van der Waals surface area contributed by atoms with Crippen molar-refractivity contribution in [2.45, 2.75) is 26.4 Å². The molecule has 0 aliphatic heterocycles. The molecule has 2 aromatic rings. The van der Waals surface area contributed by atoms with Gasteiger partial charge in [-0.1, -0.05) is 18.6 Å². The number of rotatable bonds is 6. The molecule has 0 radical (unpaired) electrons. The summed E-state index contributed by atoms with van der Waals surface area (Å²) in [6.07, 6.45) is 1.34. The normalized spacial score (nSPS) is 10.6. The van der Waals surface area contributed by atoms with Crippen molar-refractivity contribution in [1.29, 1.82) is 0 Å². The highest BCUT2D eigenvalue weighted by Crippen LogP contribution is 2.19. The van der Waals surface area contributed by atoms with Gasteiger partial charge in [0, 0.05) is 0 Å². The van der Waals surface area contributed by atoms with Gasteiger partial charge in [-0.3, -0.25) is 0 Å². The Morgan fingerprint density at radius 1 is 1.14 bits per heavy atom. The van der Waals surface area contributed by atoms with Crippen LogP contribution in [0.25, 0.3) is 5.69 Å². The van der Waals surface area contributed by atoms with Gasteiger partial charge in [0.15, 0.2) is 0 Å². The van der Waals surface area contributed by atoms with Crippen LogP contribution < -0.4 is 0 Å². The molecule has 0 amide bonds. The number of carboxylic acids is 2. The van der Waals surface area contributed by atoms with E-state index in [-0.39, 0.29) is 23.4 Å². The highest BCUT2D eigenvalue weighted by molar-refractivity contribution is 5.94. The molecular weight excluding hydrogens is 290 g/mol. The van der Waals surface area contributed by atoms with Gasteiger partial charge in [-0.2, -0.15) is 0 Å². The van der Waals surface area contributed by atoms with Crippen LogP contribution in [0.1, 0.15) is 45.4 Å². The second-order valence-corrected chi connectivity index (χ2v) is 4.68. The van der Waals surface area contributed by atoms with E-state index in [1.165, 1.54) is 16.8 Å². The number of aromatic carboxylic acids is 2. The van der Waals surface area contributed by atoms with Crippen LogP contribution in [0.15, 0.2) is 18.2 Å². The van der Waals surface area contributed by atoms with Crippen molar-refractivity contribution >= 4 is 11.9 Å². The van der Waals surface area contributed by atoms with Gasteiger partial charge in [-0.05, 0) is 24.6 Å². The number of carboxylic acid groups (broad SMARTS) is 2. The smallest absolute Gasteiger partial charge is 0.335 e. The Morgan fingerprint density at radius 2 is 1.73 bits per heavy atom. The molecule has 0 aliphatic carbocycles. The standard InChI is InChI=1S/C14H15N3O5/c1-2-3-12-11(7-18)15-16-17(12)10-5-8(13(19)20)4-9(6-10)14(21)22/h4-6,18H,2-3,7H2,1H3,(H,19,20)(H,21,22). The lowest BCUT2D eigenvalue weighted by Crippen LogP contribution is -2.09. The number of nitrogens with zero attached hydrogens (tertiary/aromatic N) is 3.